The van der Waals surface area contributed by atoms with Crippen molar-refractivity contribution in [2.45, 2.75) is 0 Å². The highest BCUT2D eigenvalue weighted by Gasteiger charge is 2.35. The van der Waals surface area contributed by atoms with Crippen molar-refractivity contribution in [3.8, 4) is 33.8 Å². The summed E-state index contributed by atoms with van der Waals surface area (Å²) >= 11 is 0. The predicted molar refractivity (Wildman–Crippen MR) is 137 cm³/mol. The monoisotopic (exact) mass is 489 g/mol. The van der Waals surface area contributed by atoms with E-state index >= 15 is 0 Å². The number of hydrogen-bond acceptors (Lipinski definition) is 4. The number of nitrogens with one attached hydrogen (secondary N) is 2. The van der Waals surface area contributed by atoms with Crippen molar-refractivity contribution in [2.75, 3.05) is 13.1 Å². The first-order chi connectivity index (χ1) is 16.6. The van der Waals surface area contributed by atoms with Crippen LogP contribution in [0.15, 0.2) is 97.1 Å². The van der Waals surface area contributed by atoms with Gasteiger partial charge in [-0.2, -0.15) is 0 Å². The Morgan fingerprint density at radius 1 is 0.735 bits per heavy atom. The summed E-state index contributed by atoms with van der Waals surface area (Å²) in [6, 6.07) is 29.3. The highest BCUT2D eigenvalue weighted by atomic mass is 31.2. The maximum Gasteiger partial charge on any atom is 0.472 e. The molecule has 4 aromatic rings. The molecule has 0 radical (unpaired) electrons. The first-order valence-corrected chi connectivity index (χ1v) is 13.8. The highest BCUT2D eigenvalue weighted by molar-refractivity contribution is 7.65. The van der Waals surface area contributed by atoms with E-state index in [4.69, 9.17) is 4.52 Å². The van der Waals surface area contributed by atoms with Gasteiger partial charge in [0.15, 0.2) is 0 Å². The normalized spacial score (nSPS) is 16.8. The van der Waals surface area contributed by atoms with E-state index in [-0.39, 0.29) is 12.3 Å². The summed E-state index contributed by atoms with van der Waals surface area (Å²) in [5.41, 5.74) is 3.12. The van der Waals surface area contributed by atoms with E-state index in [1.807, 2.05) is 72.8 Å². The Hall–Kier alpha value is -3.27. The molecular weight excluding hydrogens is 466 g/mol. The Morgan fingerprint density at radius 3 is 2.15 bits per heavy atom. The molecular formula is C26H23N2O4P2+. The quantitative estimate of drug-likeness (QED) is 0.245. The van der Waals surface area contributed by atoms with Crippen LogP contribution < -0.4 is 25.3 Å². The summed E-state index contributed by atoms with van der Waals surface area (Å²) < 4.78 is 32.8. The number of para-hydroxylation sites is 2. The lowest BCUT2D eigenvalue weighted by atomic mass is 10.0. The van der Waals surface area contributed by atoms with Gasteiger partial charge in [-0.15, -0.1) is 5.09 Å². The largest absolute Gasteiger partial charge is 0.507 e. The second kappa shape index (κ2) is 9.54. The molecule has 2 unspecified atom stereocenters. The number of benzene rings is 4. The number of phenols is 1. The lowest BCUT2D eigenvalue weighted by molar-refractivity contribution is 0.476. The number of phenolic OH excluding ortho intramolecular Hbond substituents is 1. The predicted octanol–water partition coefficient (Wildman–Crippen LogP) is 5.18. The molecule has 0 saturated heterocycles. The Bertz CT molecular complexity index is 1420. The van der Waals surface area contributed by atoms with Gasteiger partial charge in [0, 0.05) is 28.8 Å². The molecule has 170 valence electrons. The molecule has 2 atom stereocenters. The Kier molecular flexibility index (Phi) is 6.32. The molecule has 8 heteroatoms. The van der Waals surface area contributed by atoms with Crippen LogP contribution in [0, 0.1) is 0 Å². The number of hydrogen-bond donors (Lipinski definition) is 3. The average Bonchev–Trinajstić information content (AvgIpc) is 2.87. The second-order valence-corrected chi connectivity index (χ2v) is 11.3. The molecule has 6 nitrogen and oxygen atoms in total. The van der Waals surface area contributed by atoms with Crippen molar-refractivity contribution >= 4 is 26.1 Å². The van der Waals surface area contributed by atoms with E-state index in [0.29, 0.717) is 34.0 Å². The SMILES string of the molecule is O=[P+](NCCNP1(=O)Oc2ccccc2-c2ccccc21)c1ccccc1-c1ccccc1O. The molecule has 0 bridgehead atoms. The molecule has 0 saturated carbocycles. The fourth-order valence-electron chi connectivity index (χ4n) is 4.06. The second-order valence-electron chi connectivity index (χ2n) is 7.80. The summed E-state index contributed by atoms with van der Waals surface area (Å²) in [7, 11) is -5.30. The molecule has 5 rings (SSSR count). The average molecular weight is 489 g/mol. The van der Waals surface area contributed by atoms with Gasteiger partial charge in [-0.3, -0.25) is 4.57 Å². The van der Waals surface area contributed by atoms with Crippen LogP contribution in [0.1, 0.15) is 0 Å². The van der Waals surface area contributed by atoms with E-state index in [2.05, 4.69) is 10.2 Å². The van der Waals surface area contributed by atoms with Crippen molar-refractivity contribution in [1.29, 1.82) is 0 Å². The van der Waals surface area contributed by atoms with Crippen molar-refractivity contribution in [3.63, 3.8) is 0 Å². The zero-order valence-electron chi connectivity index (χ0n) is 18.2. The fourth-order valence-corrected chi connectivity index (χ4v) is 7.15. The van der Waals surface area contributed by atoms with Crippen molar-refractivity contribution < 1.29 is 18.8 Å². The van der Waals surface area contributed by atoms with Crippen LogP contribution >= 0.6 is 15.5 Å². The minimum atomic E-state index is -3.35. The van der Waals surface area contributed by atoms with E-state index in [1.54, 1.807) is 24.3 Å². The summed E-state index contributed by atoms with van der Waals surface area (Å²) in [6.45, 7) is 0.592. The van der Waals surface area contributed by atoms with Crippen molar-refractivity contribution in [3.05, 3.63) is 97.1 Å². The summed E-state index contributed by atoms with van der Waals surface area (Å²) in [5.74, 6) is 0.708. The Labute approximate surface area is 199 Å². The third kappa shape index (κ3) is 4.29. The molecule has 1 aliphatic rings. The van der Waals surface area contributed by atoms with Crippen LogP contribution in [0.2, 0.25) is 0 Å². The summed E-state index contributed by atoms with van der Waals surface area (Å²) in [6.07, 6.45) is 0. The molecule has 34 heavy (non-hydrogen) atoms. The minimum absolute atomic E-state index is 0.131. The van der Waals surface area contributed by atoms with Crippen LogP contribution in [-0.4, -0.2) is 18.2 Å². The lowest BCUT2D eigenvalue weighted by Gasteiger charge is -2.28. The molecule has 0 amide bonds. The van der Waals surface area contributed by atoms with Crippen LogP contribution in [-0.2, 0) is 9.13 Å². The molecule has 0 spiro atoms. The van der Waals surface area contributed by atoms with Gasteiger partial charge in [-0.1, -0.05) is 66.7 Å². The van der Waals surface area contributed by atoms with E-state index in [0.717, 1.165) is 11.1 Å². The lowest BCUT2D eigenvalue weighted by Crippen LogP contribution is -2.31. The third-order valence-electron chi connectivity index (χ3n) is 5.64. The number of fused-ring (bicyclic) bond motifs is 3. The van der Waals surface area contributed by atoms with Crippen LogP contribution in [0.5, 0.6) is 11.5 Å². The van der Waals surface area contributed by atoms with Gasteiger partial charge in [0.05, 0.1) is 11.8 Å². The number of rotatable bonds is 7. The molecule has 0 aromatic heterocycles. The van der Waals surface area contributed by atoms with Gasteiger partial charge < -0.3 is 9.63 Å². The third-order valence-corrected chi connectivity index (χ3v) is 9.10. The van der Waals surface area contributed by atoms with Crippen LogP contribution in [0.4, 0.5) is 0 Å². The molecule has 1 aliphatic heterocycles. The van der Waals surface area contributed by atoms with Gasteiger partial charge in [0.1, 0.15) is 11.5 Å². The molecule has 1 heterocycles. The summed E-state index contributed by atoms with van der Waals surface area (Å²) in [4.78, 5) is 0. The molecule has 3 N–H and O–H groups in total. The first kappa shape index (κ1) is 22.5. The van der Waals surface area contributed by atoms with Crippen molar-refractivity contribution in [2.24, 2.45) is 0 Å². The Balaban J connectivity index is 1.29. The Morgan fingerprint density at radius 2 is 1.35 bits per heavy atom. The van der Waals surface area contributed by atoms with Gasteiger partial charge in [0.2, 0.25) is 5.30 Å². The van der Waals surface area contributed by atoms with Crippen LogP contribution in [0.25, 0.3) is 22.3 Å². The zero-order chi connectivity index (χ0) is 23.5. The molecule has 0 fully saturated rings. The standard InChI is InChI=1S/C26H22N2O4P2/c29-23-13-5-1-9-19(23)21-11-3-7-15-25(21)33(30)27-17-18-28-34(31)26-16-8-4-12-22(26)20-10-2-6-14-24(20)32-34/h1-16H,17-18H2,(H2-,27,28,29,30,31)/p+1. The maximum absolute atomic E-state index is 13.7. The number of aromatic hydroxyl groups is 1. The van der Waals surface area contributed by atoms with Gasteiger partial charge in [0.25, 0.3) is 0 Å². The van der Waals surface area contributed by atoms with Gasteiger partial charge in [-0.05, 0) is 34.9 Å². The van der Waals surface area contributed by atoms with E-state index in [1.165, 1.54) is 0 Å². The highest BCUT2D eigenvalue weighted by Crippen LogP contribution is 2.51. The van der Waals surface area contributed by atoms with Crippen molar-refractivity contribution in [1.82, 2.24) is 10.2 Å². The smallest absolute Gasteiger partial charge is 0.472 e. The van der Waals surface area contributed by atoms with E-state index in [9.17, 15) is 14.2 Å². The minimum Gasteiger partial charge on any atom is -0.507 e. The first-order valence-electron chi connectivity index (χ1n) is 10.9. The topological polar surface area (TPSA) is 87.7 Å². The zero-order valence-corrected chi connectivity index (χ0v) is 20.0. The van der Waals surface area contributed by atoms with Gasteiger partial charge >= 0.3 is 15.5 Å². The maximum atomic E-state index is 13.7. The summed E-state index contributed by atoms with van der Waals surface area (Å²) in [5, 5.41) is 17.5. The van der Waals surface area contributed by atoms with Gasteiger partial charge in [-0.25, -0.2) is 5.09 Å². The molecule has 0 aliphatic carbocycles. The van der Waals surface area contributed by atoms with E-state index < -0.39 is 15.5 Å². The molecule has 4 aromatic carbocycles. The fraction of sp³-hybridized carbons (Fsp3) is 0.0769. The van der Waals surface area contributed by atoms with Crippen LogP contribution in [0.3, 0.4) is 0 Å².